The van der Waals surface area contributed by atoms with Crippen LogP contribution in [0.15, 0.2) is 16.6 Å². The van der Waals surface area contributed by atoms with Gasteiger partial charge in [-0.15, -0.1) is 0 Å². The smallest absolute Gasteiger partial charge is 0.338 e. The number of hydrogen-bond donors (Lipinski definition) is 1. The van der Waals surface area contributed by atoms with E-state index in [-0.39, 0.29) is 5.97 Å². The van der Waals surface area contributed by atoms with E-state index in [2.05, 4.69) is 20.8 Å². The maximum Gasteiger partial charge on any atom is 0.338 e. The highest BCUT2D eigenvalue weighted by Crippen LogP contribution is 2.27. The molecule has 110 valence electrons. The highest BCUT2D eigenvalue weighted by atomic mass is 79.9. The molecule has 0 aliphatic carbocycles. The number of nitrogens with two attached hydrogens (primary N) is 1. The number of esters is 1. The Morgan fingerprint density at radius 2 is 2.15 bits per heavy atom. The van der Waals surface area contributed by atoms with Gasteiger partial charge in [-0.05, 0) is 40.5 Å². The predicted octanol–water partition coefficient (Wildman–Crippen LogP) is 2.04. The second-order valence-corrected chi connectivity index (χ2v) is 5.49. The average molecular weight is 343 g/mol. The SMILES string of the molecule is CCOC(=O)c1cc(Br)c(N)c(CN2CCOCC2)c1. The van der Waals surface area contributed by atoms with Crippen molar-refractivity contribution in [3.63, 3.8) is 0 Å². The molecule has 0 atom stereocenters. The van der Waals surface area contributed by atoms with Crippen LogP contribution < -0.4 is 5.73 Å². The maximum atomic E-state index is 11.8. The lowest BCUT2D eigenvalue weighted by Crippen LogP contribution is -2.35. The summed E-state index contributed by atoms with van der Waals surface area (Å²) in [5.74, 6) is -0.323. The summed E-state index contributed by atoms with van der Waals surface area (Å²) in [6.45, 7) is 6.08. The van der Waals surface area contributed by atoms with E-state index in [1.54, 1.807) is 13.0 Å². The first-order valence-electron chi connectivity index (χ1n) is 6.67. The second-order valence-electron chi connectivity index (χ2n) is 4.64. The average Bonchev–Trinajstić information content (AvgIpc) is 2.45. The molecule has 1 heterocycles. The number of carbonyl (C=O) groups excluding carboxylic acids is 1. The molecule has 0 bridgehead atoms. The van der Waals surface area contributed by atoms with Crippen LogP contribution in [0, 0.1) is 0 Å². The van der Waals surface area contributed by atoms with Gasteiger partial charge in [-0.1, -0.05) is 0 Å². The zero-order valence-corrected chi connectivity index (χ0v) is 13.1. The summed E-state index contributed by atoms with van der Waals surface area (Å²) in [4.78, 5) is 14.1. The van der Waals surface area contributed by atoms with Crippen molar-refractivity contribution in [2.75, 3.05) is 38.6 Å². The van der Waals surface area contributed by atoms with Crippen molar-refractivity contribution in [2.24, 2.45) is 0 Å². The van der Waals surface area contributed by atoms with Gasteiger partial charge in [0.25, 0.3) is 0 Å². The minimum absolute atomic E-state index is 0.323. The number of hydrogen-bond acceptors (Lipinski definition) is 5. The molecule has 1 aromatic rings. The third kappa shape index (κ3) is 3.71. The Kier molecular flexibility index (Phi) is 5.39. The van der Waals surface area contributed by atoms with E-state index < -0.39 is 0 Å². The summed E-state index contributed by atoms with van der Waals surface area (Å²) in [7, 11) is 0. The first-order chi connectivity index (χ1) is 9.61. The lowest BCUT2D eigenvalue weighted by Gasteiger charge is -2.27. The predicted molar refractivity (Wildman–Crippen MR) is 80.6 cm³/mol. The van der Waals surface area contributed by atoms with Crippen LogP contribution >= 0.6 is 15.9 Å². The van der Waals surface area contributed by atoms with E-state index in [0.717, 1.165) is 36.3 Å². The van der Waals surface area contributed by atoms with Crippen LogP contribution in [0.2, 0.25) is 0 Å². The summed E-state index contributed by atoms with van der Waals surface area (Å²) in [5, 5.41) is 0. The summed E-state index contributed by atoms with van der Waals surface area (Å²) < 4.78 is 11.1. The Bertz CT molecular complexity index is 488. The number of rotatable bonds is 4. The molecule has 0 saturated carbocycles. The molecule has 1 saturated heterocycles. The van der Waals surface area contributed by atoms with Gasteiger partial charge >= 0.3 is 5.97 Å². The zero-order chi connectivity index (χ0) is 14.5. The van der Waals surface area contributed by atoms with Crippen molar-refractivity contribution in [1.29, 1.82) is 0 Å². The van der Waals surface area contributed by atoms with Crippen molar-refractivity contribution in [3.05, 3.63) is 27.7 Å². The normalized spacial score (nSPS) is 16.1. The number of halogens is 1. The topological polar surface area (TPSA) is 64.8 Å². The molecule has 1 aromatic carbocycles. The second kappa shape index (κ2) is 7.06. The van der Waals surface area contributed by atoms with Crippen LogP contribution in [0.3, 0.4) is 0 Å². The highest BCUT2D eigenvalue weighted by molar-refractivity contribution is 9.10. The Labute approximate surface area is 127 Å². The molecule has 0 radical (unpaired) electrons. The summed E-state index contributed by atoms with van der Waals surface area (Å²) in [6.07, 6.45) is 0. The van der Waals surface area contributed by atoms with Crippen LogP contribution in [0.25, 0.3) is 0 Å². The van der Waals surface area contributed by atoms with E-state index >= 15 is 0 Å². The summed E-state index contributed by atoms with van der Waals surface area (Å²) in [6, 6.07) is 3.52. The fourth-order valence-electron chi connectivity index (χ4n) is 2.14. The summed E-state index contributed by atoms with van der Waals surface area (Å²) in [5.41, 5.74) is 8.22. The molecule has 1 aliphatic rings. The standard InChI is InChI=1S/C14H19BrN2O3/c1-2-20-14(18)10-7-11(13(16)12(15)8-10)9-17-3-5-19-6-4-17/h7-8H,2-6,9,16H2,1H3. The number of morpholine rings is 1. The molecule has 2 N–H and O–H groups in total. The number of ether oxygens (including phenoxy) is 2. The molecule has 0 unspecified atom stereocenters. The molecule has 1 aliphatic heterocycles. The quantitative estimate of drug-likeness (QED) is 0.670. The largest absolute Gasteiger partial charge is 0.462 e. The van der Waals surface area contributed by atoms with Gasteiger partial charge in [-0.25, -0.2) is 4.79 Å². The van der Waals surface area contributed by atoms with Gasteiger partial charge < -0.3 is 15.2 Å². The molecule has 0 amide bonds. The number of nitrogens with zero attached hydrogens (tertiary/aromatic N) is 1. The van der Waals surface area contributed by atoms with E-state index in [1.807, 2.05) is 6.07 Å². The van der Waals surface area contributed by atoms with Gasteiger partial charge in [-0.2, -0.15) is 0 Å². The van der Waals surface area contributed by atoms with Gasteiger partial charge in [-0.3, -0.25) is 4.90 Å². The lowest BCUT2D eigenvalue weighted by molar-refractivity contribution is 0.0342. The first-order valence-corrected chi connectivity index (χ1v) is 7.46. The van der Waals surface area contributed by atoms with Gasteiger partial charge in [0.05, 0.1) is 31.1 Å². The van der Waals surface area contributed by atoms with E-state index in [0.29, 0.717) is 24.4 Å². The van der Waals surface area contributed by atoms with Crippen LogP contribution in [-0.2, 0) is 16.0 Å². The van der Waals surface area contributed by atoms with Crippen LogP contribution in [0.5, 0.6) is 0 Å². The van der Waals surface area contributed by atoms with Gasteiger partial charge in [0.1, 0.15) is 0 Å². The van der Waals surface area contributed by atoms with Crippen molar-refractivity contribution >= 4 is 27.6 Å². The minimum atomic E-state index is -0.323. The zero-order valence-electron chi connectivity index (χ0n) is 11.5. The fourth-order valence-corrected chi connectivity index (χ4v) is 2.64. The lowest BCUT2D eigenvalue weighted by atomic mass is 10.1. The monoisotopic (exact) mass is 342 g/mol. The molecule has 5 nitrogen and oxygen atoms in total. The third-order valence-corrected chi connectivity index (χ3v) is 3.88. The van der Waals surface area contributed by atoms with E-state index in [4.69, 9.17) is 15.2 Å². The molecule has 20 heavy (non-hydrogen) atoms. The maximum absolute atomic E-state index is 11.8. The molecule has 2 rings (SSSR count). The number of anilines is 1. The fraction of sp³-hybridized carbons (Fsp3) is 0.500. The van der Waals surface area contributed by atoms with Crippen LogP contribution in [0.4, 0.5) is 5.69 Å². The van der Waals surface area contributed by atoms with Gasteiger partial charge in [0.2, 0.25) is 0 Å². The Hall–Kier alpha value is -1.11. The van der Waals surface area contributed by atoms with E-state index in [9.17, 15) is 4.79 Å². The first kappa shape index (κ1) is 15.3. The van der Waals surface area contributed by atoms with Crippen molar-refractivity contribution in [1.82, 2.24) is 4.90 Å². The van der Waals surface area contributed by atoms with Crippen molar-refractivity contribution in [2.45, 2.75) is 13.5 Å². The molecule has 1 fully saturated rings. The molecular formula is C14H19BrN2O3. The Morgan fingerprint density at radius 3 is 2.80 bits per heavy atom. The van der Waals surface area contributed by atoms with Crippen molar-refractivity contribution in [3.8, 4) is 0 Å². The van der Waals surface area contributed by atoms with Crippen molar-refractivity contribution < 1.29 is 14.3 Å². The Morgan fingerprint density at radius 1 is 1.45 bits per heavy atom. The van der Waals surface area contributed by atoms with Gasteiger partial charge in [0, 0.05) is 24.1 Å². The van der Waals surface area contributed by atoms with Crippen LogP contribution in [0.1, 0.15) is 22.8 Å². The highest BCUT2D eigenvalue weighted by Gasteiger charge is 2.16. The molecule has 0 spiro atoms. The molecular weight excluding hydrogens is 324 g/mol. The third-order valence-electron chi connectivity index (χ3n) is 3.22. The molecule has 6 heteroatoms. The Balaban J connectivity index is 2.19. The van der Waals surface area contributed by atoms with Crippen LogP contribution in [-0.4, -0.2) is 43.8 Å². The van der Waals surface area contributed by atoms with E-state index in [1.165, 1.54) is 0 Å². The number of carbonyl (C=O) groups is 1. The molecule has 0 aromatic heterocycles. The summed E-state index contributed by atoms with van der Waals surface area (Å²) >= 11 is 3.41. The number of benzene rings is 1. The van der Waals surface area contributed by atoms with Gasteiger partial charge in [0.15, 0.2) is 0 Å². The minimum Gasteiger partial charge on any atom is -0.462 e. The number of nitrogen functional groups attached to an aromatic ring is 1.